The Morgan fingerprint density at radius 1 is 1.00 bits per heavy atom. The number of hydrogen-bond acceptors (Lipinski definition) is 4. The third-order valence-corrected chi connectivity index (χ3v) is 7.08. The van der Waals surface area contributed by atoms with Crippen molar-refractivity contribution in [2.45, 2.75) is 45.4 Å². The summed E-state index contributed by atoms with van der Waals surface area (Å²) in [6.07, 6.45) is 2.19. The molecule has 26 heavy (non-hydrogen) atoms. The largest absolute Gasteiger partial charge is 0.371 e. The zero-order valence-corrected chi connectivity index (χ0v) is 17.2. The van der Waals surface area contributed by atoms with Crippen LogP contribution >= 0.6 is 0 Å². The van der Waals surface area contributed by atoms with Crippen molar-refractivity contribution >= 4 is 21.6 Å². The Hall–Kier alpha value is -1.60. The maximum Gasteiger partial charge on any atom is 0.255 e. The quantitative estimate of drug-likeness (QED) is 0.695. The Kier molecular flexibility index (Phi) is 7.06. The van der Waals surface area contributed by atoms with Gasteiger partial charge in [0.2, 0.25) is 10.0 Å². The molecule has 1 aromatic carbocycles. The second-order valence-corrected chi connectivity index (χ2v) is 8.38. The summed E-state index contributed by atoms with van der Waals surface area (Å²) in [4.78, 5) is 17.2. The molecule has 1 fully saturated rings. The third-order valence-electron chi connectivity index (χ3n) is 5.04. The van der Waals surface area contributed by atoms with E-state index in [0.717, 1.165) is 31.6 Å². The summed E-state index contributed by atoms with van der Waals surface area (Å²) in [5.41, 5.74) is 1.33. The summed E-state index contributed by atoms with van der Waals surface area (Å²) >= 11 is 0. The molecule has 0 bridgehead atoms. The second kappa shape index (κ2) is 8.86. The number of carbonyl (C=O) groups is 1. The van der Waals surface area contributed by atoms with Crippen LogP contribution in [0.5, 0.6) is 0 Å². The number of amides is 1. The average Bonchev–Trinajstić information content (AvgIpc) is 3.17. The molecule has 1 aliphatic rings. The van der Waals surface area contributed by atoms with Crippen molar-refractivity contribution in [3.63, 3.8) is 0 Å². The Bertz CT molecular complexity index is 720. The van der Waals surface area contributed by atoms with E-state index in [1.165, 1.54) is 4.31 Å². The van der Waals surface area contributed by atoms with Gasteiger partial charge in [-0.3, -0.25) is 4.79 Å². The predicted octanol–water partition coefficient (Wildman–Crippen LogP) is 2.80. The molecule has 7 heteroatoms. The molecule has 0 spiro atoms. The van der Waals surface area contributed by atoms with Crippen LogP contribution in [0, 0.1) is 0 Å². The van der Waals surface area contributed by atoms with Crippen LogP contribution in [0.2, 0.25) is 0 Å². The number of nitrogens with zero attached hydrogens (tertiary/aromatic N) is 3. The first-order chi connectivity index (χ1) is 12.4. The maximum absolute atomic E-state index is 13.1. The van der Waals surface area contributed by atoms with E-state index in [-0.39, 0.29) is 10.8 Å². The van der Waals surface area contributed by atoms with Crippen LogP contribution < -0.4 is 4.90 Å². The molecule has 1 aliphatic heterocycles. The topological polar surface area (TPSA) is 60.9 Å². The van der Waals surface area contributed by atoms with Gasteiger partial charge in [-0.25, -0.2) is 8.42 Å². The van der Waals surface area contributed by atoms with Gasteiger partial charge in [-0.15, -0.1) is 0 Å². The molecule has 6 nitrogen and oxygen atoms in total. The SMILES string of the molecule is CCN(CC)C(=O)c1cc(S(=O)(=O)N(CC)CC)ccc1N1CCCC1. The van der Waals surface area contributed by atoms with Gasteiger partial charge in [-0.05, 0) is 44.9 Å². The smallest absolute Gasteiger partial charge is 0.255 e. The van der Waals surface area contributed by atoms with Gasteiger partial charge in [0.25, 0.3) is 5.91 Å². The first kappa shape index (κ1) is 20.7. The van der Waals surface area contributed by atoms with E-state index in [4.69, 9.17) is 0 Å². The van der Waals surface area contributed by atoms with Gasteiger partial charge >= 0.3 is 0 Å². The fraction of sp³-hybridized carbons (Fsp3) is 0.632. The molecule has 0 radical (unpaired) electrons. The minimum absolute atomic E-state index is 0.103. The van der Waals surface area contributed by atoms with E-state index in [0.29, 0.717) is 31.7 Å². The number of benzene rings is 1. The van der Waals surface area contributed by atoms with Crippen LogP contribution in [-0.4, -0.2) is 62.8 Å². The molecule has 0 N–H and O–H groups in total. The fourth-order valence-corrected chi connectivity index (χ4v) is 4.96. The molecule has 1 aromatic rings. The van der Waals surface area contributed by atoms with Crippen LogP contribution in [-0.2, 0) is 10.0 Å². The van der Waals surface area contributed by atoms with E-state index in [9.17, 15) is 13.2 Å². The van der Waals surface area contributed by atoms with Crippen LogP contribution in [0.15, 0.2) is 23.1 Å². The van der Waals surface area contributed by atoms with Gasteiger partial charge in [0.15, 0.2) is 0 Å². The molecule has 0 aliphatic carbocycles. The van der Waals surface area contributed by atoms with Crippen molar-refractivity contribution in [1.82, 2.24) is 9.21 Å². The normalized spacial score (nSPS) is 14.9. The van der Waals surface area contributed by atoms with E-state index in [1.54, 1.807) is 23.1 Å². The highest BCUT2D eigenvalue weighted by atomic mass is 32.2. The number of sulfonamides is 1. The number of carbonyl (C=O) groups excluding carboxylic acids is 1. The Labute approximate surface area is 157 Å². The first-order valence-corrected chi connectivity index (χ1v) is 11.0. The molecule has 0 aromatic heterocycles. The molecule has 1 heterocycles. The summed E-state index contributed by atoms with van der Waals surface area (Å²) in [6.45, 7) is 11.3. The van der Waals surface area contributed by atoms with Crippen molar-refractivity contribution < 1.29 is 13.2 Å². The monoisotopic (exact) mass is 381 g/mol. The first-order valence-electron chi connectivity index (χ1n) is 9.59. The lowest BCUT2D eigenvalue weighted by Gasteiger charge is -2.26. The maximum atomic E-state index is 13.1. The van der Waals surface area contributed by atoms with Gasteiger partial charge in [-0.1, -0.05) is 13.8 Å². The molecule has 0 unspecified atom stereocenters. The minimum atomic E-state index is -3.59. The van der Waals surface area contributed by atoms with Gasteiger partial charge in [0.1, 0.15) is 0 Å². The summed E-state index contributed by atoms with van der Waals surface area (Å²) in [5, 5.41) is 0. The minimum Gasteiger partial charge on any atom is -0.371 e. The second-order valence-electron chi connectivity index (χ2n) is 6.44. The van der Waals surface area contributed by atoms with Crippen molar-refractivity contribution in [2.75, 3.05) is 44.2 Å². The standard InChI is InChI=1S/C19H31N3O3S/c1-5-20(6-2)19(23)17-15-16(26(24,25)22(7-3)8-4)11-12-18(17)21-13-9-10-14-21/h11-12,15H,5-10,13-14H2,1-4H3. The summed E-state index contributed by atoms with van der Waals surface area (Å²) in [5.74, 6) is -0.103. The number of anilines is 1. The van der Waals surface area contributed by atoms with E-state index >= 15 is 0 Å². The predicted molar refractivity (Wildman–Crippen MR) is 105 cm³/mol. The van der Waals surface area contributed by atoms with Crippen molar-refractivity contribution in [3.8, 4) is 0 Å². The molecule has 1 saturated heterocycles. The van der Waals surface area contributed by atoms with Gasteiger partial charge < -0.3 is 9.80 Å². The van der Waals surface area contributed by atoms with Crippen molar-refractivity contribution in [3.05, 3.63) is 23.8 Å². The summed E-state index contributed by atoms with van der Waals surface area (Å²) in [7, 11) is -3.59. The molecule has 0 atom stereocenters. The van der Waals surface area contributed by atoms with Crippen molar-refractivity contribution in [2.24, 2.45) is 0 Å². The molecule has 0 saturated carbocycles. The van der Waals surface area contributed by atoms with Crippen LogP contribution in [0.4, 0.5) is 5.69 Å². The molecular formula is C19H31N3O3S. The highest BCUT2D eigenvalue weighted by Gasteiger charge is 2.27. The fourth-order valence-electron chi connectivity index (χ4n) is 3.47. The summed E-state index contributed by atoms with van der Waals surface area (Å²) < 4.78 is 27.2. The van der Waals surface area contributed by atoms with Crippen molar-refractivity contribution in [1.29, 1.82) is 0 Å². The van der Waals surface area contributed by atoms with Gasteiger partial charge in [0, 0.05) is 45.0 Å². The highest BCUT2D eigenvalue weighted by Crippen LogP contribution is 2.29. The van der Waals surface area contributed by atoms with Crippen LogP contribution in [0.25, 0.3) is 0 Å². The Balaban J connectivity index is 2.55. The zero-order chi connectivity index (χ0) is 19.3. The lowest BCUT2D eigenvalue weighted by Crippen LogP contribution is -2.34. The van der Waals surface area contributed by atoms with E-state index in [2.05, 4.69) is 4.90 Å². The van der Waals surface area contributed by atoms with Crippen LogP contribution in [0.1, 0.15) is 50.9 Å². The highest BCUT2D eigenvalue weighted by molar-refractivity contribution is 7.89. The van der Waals surface area contributed by atoms with E-state index in [1.807, 2.05) is 27.7 Å². The molecule has 146 valence electrons. The zero-order valence-electron chi connectivity index (χ0n) is 16.4. The average molecular weight is 382 g/mol. The van der Waals surface area contributed by atoms with Crippen LogP contribution in [0.3, 0.4) is 0 Å². The molecule has 1 amide bonds. The van der Waals surface area contributed by atoms with E-state index < -0.39 is 10.0 Å². The third kappa shape index (κ3) is 4.04. The number of rotatable bonds is 8. The Morgan fingerprint density at radius 2 is 1.58 bits per heavy atom. The van der Waals surface area contributed by atoms with Gasteiger partial charge in [0.05, 0.1) is 10.5 Å². The molecule has 2 rings (SSSR count). The lowest BCUT2D eigenvalue weighted by atomic mass is 10.1. The Morgan fingerprint density at radius 3 is 2.08 bits per heavy atom. The lowest BCUT2D eigenvalue weighted by molar-refractivity contribution is 0.0773. The molecular weight excluding hydrogens is 350 g/mol. The summed E-state index contributed by atoms with van der Waals surface area (Å²) in [6, 6.07) is 5.01. The number of hydrogen-bond donors (Lipinski definition) is 0. The van der Waals surface area contributed by atoms with Gasteiger partial charge in [-0.2, -0.15) is 4.31 Å².